The van der Waals surface area contributed by atoms with Gasteiger partial charge in [0.25, 0.3) is 0 Å². The van der Waals surface area contributed by atoms with Gasteiger partial charge in [0, 0.05) is 12.8 Å². The van der Waals surface area contributed by atoms with Gasteiger partial charge in [0.1, 0.15) is 0 Å². The van der Waals surface area contributed by atoms with Gasteiger partial charge in [0.15, 0.2) is 0 Å². The Morgan fingerprint density at radius 3 is 2.00 bits per heavy atom. The van der Waals surface area contributed by atoms with E-state index < -0.39 is 0 Å². The average molecular weight is 106 g/mol. The molecule has 0 spiro atoms. The molecule has 0 radical (unpaired) electrons. The molecule has 42 valence electrons. The van der Waals surface area contributed by atoms with Crippen LogP contribution in [0.1, 0.15) is 25.7 Å². The summed E-state index contributed by atoms with van der Waals surface area (Å²) in [6.45, 7) is 0. The molecule has 0 unspecified atom stereocenters. The minimum absolute atomic E-state index is 0.954. The molecule has 0 heteroatoms. The van der Waals surface area contributed by atoms with Crippen LogP contribution in [-0.2, 0) is 0 Å². The third kappa shape index (κ3) is 0.629. The van der Waals surface area contributed by atoms with Crippen molar-refractivity contribution in [3.05, 3.63) is 0 Å². The molecule has 0 heterocycles. The third-order valence-electron chi connectivity index (χ3n) is 2.14. The van der Waals surface area contributed by atoms with Gasteiger partial charge in [-0.25, -0.2) is 0 Å². The predicted molar refractivity (Wildman–Crippen MR) is 33.2 cm³/mol. The van der Waals surface area contributed by atoms with Crippen LogP contribution >= 0.6 is 0 Å². The Morgan fingerprint density at radius 2 is 1.50 bits per heavy atom. The van der Waals surface area contributed by atoms with Crippen molar-refractivity contribution in [3.63, 3.8) is 0 Å². The molecule has 0 amide bonds. The van der Waals surface area contributed by atoms with Gasteiger partial charge in [-0.15, -0.1) is 11.8 Å². The minimum Gasteiger partial charge on any atom is -0.103 e. The van der Waals surface area contributed by atoms with Crippen LogP contribution in [0.15, 0.2) is 0 Å². The molecular formula is C8H10. The summed E-state index contributed by atoms with van der Waals surface area (Å²) in [6.07, 6.45) is 5.36. The summed E-state index contributed by atoms with van der Waals surface area (Å²) in [6, 6.07) is 0. The van der Waals surface area contributed by atoms with E-state index in [2.05, 4.69) is 11.8 Å². The Balaban J connectivity index is 1.91. The molecule has 0 aliphatic heterocycles. The molecule has 0 N–H and O–H groups in total. The molecule has 0 bridgehead atoms. The lowest BCUT2D eigenvalue weighted by molar-refractivity contribution is 0.502. The highest BCUT2D eigenvalue weighted by Crippen LogP contribution is 2.41. The molecular weight excluding hydrogens is 96.1 g/mol. The molecule has 1 fully saturated rings. The lowest BCUT2D eigenvalue weighted by Crippen LogP contribution is -1.95. The van der Waals surface area contributed by atoms with Gasteiger partial charge in [-0.05, 0) is 24.7 Å². The van der Waals surface area contributed by atoms with Crippen LogP contribution in [0.3, 0.4) is 0 Å². The first-order valence-corrected chi connectivity index (χ1v) is 3.42. The number of hydrogen-bond acceptors (Lipinski definition) is 0. The third-order valence-corrected chi connectivity index (χ3v) is 2.14. The van der Waals surface area contributed by atoms with E-state index >= 15 is 0 Å². The maximum Gasteiger partial charge on any atom is 0.0129 e. The second-order valence-electron chi connectivity index (χ2n) is 2.86. The molecule has 2 aliphatic rings. The molecule has 0 saturated heterocycles. The first-order valence-electron chi connectivity index (χ1n) is 3.42. The summed E-state index contributed by atoms with van der Waals surface area (Å²) in [5.74, 6) is 8.31. The summed E-state index contributed by atoms with van der Waals surface area (Å²) < 4.78 is 0. The van der Waals surface area contributed by atoms with Crippen LogP contribution in [0, 0.1) is 23.7 Å². The fraction of sp³-hybridized carbons (Fsp3) is 0.750. The maximum absolute atomic E-state index is 3.14. The minimum atomic E-state index is 0.954. The molecule has 2 aliphatic carbocycles. The molecule has 0 atom stereocenters. The van der Waals surface area contributed by atoms with Crippen LogP contribution in [0.5, 0.6) is 0 Å². The van der Waals surface area contributed by atoms with Crippen LogP contribution < -0.4 is 0 Å². The van der Waals surface area contributed by atoms with Crippen molar-refractivity contribution >= 4 is 0 Å². The largest absolute Gasteiger partial charge is 0.103 e. The summed E-state index contributed by atoms with van der Waals surface area (Å²) in [7, 11) is 0. The normalized spacial score (nSPS) is 27.5. The summed E-state index contributed by atoms with van der Waals surface area (Å²) in [5, 5.41) is 0. The molecule has 0 aromatic carbocycles. The van der Waals surface area contributed by atoms with Crippen LogP contribution in [0.25, 0.3) is 0 Å². The van der Waals surface area contributed by atoms with Gasteiger partial charge >= 0.3 is 0 Å². The van der Waals surface area contributed by atoms with Gasteiger partial charge in [-0.2, -0.15) is 0 Å². The lowest BCUT2D eigenvalue weighted by atomic mass is 10.0. The standard InChI is InChI=1S/C8H10/c1-2-4-7(3-1)8-5-6-8/h7-8H,3-6H2. The monoisotopic (exact) mass is 106 g/mol. The molecule has 2 rings (SSSR count). The van der Waals surface area contributed by atoms with Crippen molar-refractivity contribution in [1.29, 1.82) is 0 Å². The van der Waals surface area contributed by atoms with Crippen molar-refractivity contribution in [2.45, 2.75) is 25.7 Å². The van der Waals surface area contributed by atoms with E-state index in [9.17, 15) is 0 Å². The highest BCUT2D eigenvalue weighted by atomic mass is 14.3. The van der Waals surface area contributed by atoms with E-state index in [-0.39, 0.29) is 0 Å². The zero-order valence-electron chi connectivity index (χ0n) is 4.98. The van der Waals surface area contributed by atoms with E-state index in [0.717, 1.165) is 11.8 Å². The number of hydrogen-bond donors (Lipinski definition) is 0. The second kappa shape index (κ2) is 1.52. The smallest absolute Gasteiger partial charge is 0.0129 e. The van der Waals surface area contributed by atoms with E-state index in [1.165, 1.54) is 25.7 Å². The molecule has 0 aromatic heterocycles. The van der Waals surface area contributed by atoms with E-state index in [4.69, 9.17) is 0 Å². The summed E-state index contributed by atoms with van der Waals surface area (Å²) in [5.41, 5.74) is 0. The van der Waals surface area contributed by atoms with Gasteiger partial charge in [-0.1, -0.05) is 0 Å². The predicted octanol–water partition coefficient (Wildman–Crippen LogP) is 1.81. The van der Waals surface area contributed by atoms with Gasteiger partial charge in [0.05, 0.1) is 0 Å². The maximum atomic E-state index is 3.14. The Bertz CT molecular complexity index is 133. The SMILES string of the molecule is C1#CCC(C2CC2)C1. The van der Waals surface area contributed by atoms with E-state index in [1.807, 2.05) is 0 Å². The fourth-order valence-electron chi connectivity index (χ4n) is 1.38. The van der Waals surface area contributed by atoms with Gasteiger partial charge < -0.3 is 0 Å². The zero-order valence-corrected chi connectivity index (χ0v) is 4.98. The van der Waals surface area contributed by atoms with E-state index in [0.29, 0.717) is 0 Å². The Labute approximate surface area is 50.3 Å². The zero-order chi connectivity index (χ0) is 5.40. The van der Waals surface area contributed by atoms with Crippen molar-refractivity contribution in [2.24, 2.45) is 11.8 Å². The molecule has 0 nitrogen and oxygen atoms in total. The summed E-state index contributed by atoms with van der Waals surface area (Å²) in [4.78, 5) is 0. The first kappa shape index (κ1) is 4.44. The number of rotatable bonds is 1. The van der Waals surface area contributed by atoms with Crippen LogP contribution in [0.2, 0.25) is 0 Å². The Morgan fingerprint density at radius 1 is 0.875 bits per heavy atom. The fourth-order valence-corrected chi connectivity index (χ4v) is 1.38. The van der Waals surface area contributed by atoms with Gasteiger partial charge in [0.2, 0.25) is 0 Å². The highest BCUT2D eigenvalue weighted by molar-refractivity contribution is 5.10. The van der Waals surface area contributed by atoms with Gasteiger partial charge in [-0.3, -0.25) is 0 Å². The van der Waals surface area contributed by atoms with Crippen LogP contribution in [0.4, 0.5) is 0 Å². The molecule has 1 saturated carbocycles. The topological polar surface area (TPSA) is 0 Å². The summed E-state index contributed by atoms with van der Waals surface area (Å²) >= 11 is 0. The average Bonchev–Trinajstić information content (AvgIpc) is 2.49. The van der Waals surface area contributed by atoms with Crippen molar-refractivity contribution in [3.8, 4) is 11.8 Å². The van der Waals surface area contributed by atoms with Crippen molar-refractivity contribution in [2.75, 3.05) is 0 Å². The first-order chi connectivity index (χ1) is 3.97. The Kier molecular flexibility index (Phi) is 0.842. The second-order valence-corrected chi connectivity index (χ2v) is 2.86. The van der Waals surface area contributed by atoms with Crippen molar-refractivity contribution < 1.29 is 0 Å². The lowest BCUT2D eigenvalue weighted by Gasteiger charge is -2.01. The van der Waals surface area contributed by atoms with Crippen molar-refractivity contribution in [1.82, 2.24) is 0 Å². The molecule has 0 aromatic rings. The quantitative estimate of drug-likeness (QED) is 0.447. The Hall–Kier alpha value is -0.440. The van der Waals surface area contributed by atoms with Crippen LogP contribution in [-0.4, -0.2) is 0 Å². The van der Waals surface area contributed by atoms with E-state index in [1.54, 1.807) is 0 Å². The molecule has 8 heavy (non-hydrogen) atoms. The highest BCUT2D eigenvalue weighted by Gasteiger charge is 2.30.